The molecule has 1 aromatic carbocycles. The number of benzene rings is 1. The number of nitrogens with one attached hydrogen (secondary N) is 1. The standard InChI is InChI=1S/C24H34N6O2/c1-14(2)30(15(3)4)22(23-26-27-28-29(23)13-18-8-7-9-32-18)20-12-19-17(6)10-16(5)11-21(19)25-24(20)31/h10-12,14-15,18,22H,7-9,13H2,1-6H3,(H,25,31). The van der Waals surface area contributed by atoms with Crippen LogP contribution in [0.25, 0.3) is 10.9 Å². The summed E-state index contributed by atoms with van der Waals surface area (Å²) in [4.78, 5) is 18.8. The van der Waals surface area contributed by atoms with Crippen LogP contribution in [0.4, 0.5) is 0 Å². The maximum atomic E-state index is 13.4. The molecule has 8 nitrogen and oxygen atoms in total. The van der Waals surface area contributed by atoms with Crippen LogP contribution in [0.3, 0.4) is 0 Å². The molecule has 2 unspecified atom stereocenters. The van der Waals surface area contributed by atoms with E-state index in [0.29, 0.717) is 17.9 Å². The third-order valence-electron chi connectivity index (χ3n) is 6.33. The summed E-state index contributed by atoms with van der Waals surface area (Å²) in [6.07, 6.45) is 2.15. The highest BCUT2D eigenvalue weighted by atomic mass is 16.5. The van der Waals surface area contributed by atoms with Gasteiger partial charge in [-0.15, -0.1) is 5.10 Å². The quantitative estimate of drug-likeness (QED) is 0.607. The summed E-state index contributed by atoms with van der Waals surface area (Å²) < 4.78 is 7.66. The van der Waals surface area contributed by atoms with E-state index in [2.05, 4.69) is 66.1 Å². The van der Waals surface area contributed by atoms with Gasteiger partial charge in [-0.3, -0.25) is 9.69 Å². The van der Waals surface area contributed by atoms with Crippen molar-refractivity contribution in [1.82, 2.24) is 30.1 Å². The Hall–Kier alpha value is -2.58. The number of pyridine rings is 1. The second-order valence-corrected chi connectivity index (χ2v) is 9.49. The first kappa shape index (κ1) is 22.6. The summed E-state index contributed by atoms with van der Waals surface area (Å²) in [6, 6.07) is 6.18. The normalized spacial score (nSPS) is 17.8. The minimum Gasteiger partial charge on any atom is -0.376 e. The van der Waals surface area contributed by atoms with Crippen LogP contribution in [-0.4, -0.2) is 54.9 Å². The van der Waals surface area contributed by atoms with E-state index < -0.39 is 0 Å². The predicted octanol–water partition coefficient (Wildman–Crippen LogP) is 3.52. The number of tetrazole rings is 1. The van der Waals surface area contributed by atoms with Crippen LogP contribution in [-0.2, 0) is 11.3 Å². The van der Waals surface area contributed by atoms with E-state index in [-0.39, 0.29) is 29.8 Å². The van der Waals surface area contributed by atoms with Gasteiger partial charge in [0.05, 0.1) is 12.6 Å². The molecule has 3 heterocycles. The molecule has 1 fully saturated rings. The highest BCUT2D eigenvalue weighted by molar-refractivity contribution is 5.83. The number of hydrogen-bond donors (Lipinski definition) is 1. The van der Waals surface area contributed by atoms with Gasteiger partial charge in [0.1, 0.15) is 6.04 Å². The van der Waals surface area contributed by atoms with Gasteiger partial charge in [-0.1, -0.05) is 6.07 Å². The lowest BCUT2D eigenvalue weighted by Gasteiger charge is -2.37. The van der Waals surface area contributed by atoms with Crippen LogP contribution < -0.4 is 5.56 Å². The van der Waals surface area contributed by atoms with E-state index in [1.54, 1.807) is 0 Å². The summed E-state index contributed by atoms with van der Waals surface area (Å²) in [5.74, 6) is 0.678. The smallest absolute Gasteiger partial charge is 0.253 e. The molecule has 1 N–H and O–H groups in total. The van der Waals surface area contributed by atoms with Gasteiger partial charge in [0.25, 0.3) is 5.56 Å². The number of H-pyrrole nitrogens is 1. The summed E-state index contributed by atoms with van der Waals surface area (Å²) in [5, 5.41) is 13.8. The van der Waals surface area contributed by atoms with Crippen molar-refractivity contribution in [1.29, 1.82) is 0 Å². The molecule has 0 saturated carbocycles. The fourth-order valence-electron chi connectivity index (χ4n) is 5.04. The topological polar surface area (TPSA) is 88.9 Å². The van der Waals surface area contributed by atoms with Crippen LogP contribution in [0, 0.1) is 13.8 Å². The van der Waals surface area contributed by atoms with Crippen molar-refractivity contribution in [3.05, 3.63) is 51.1 Å². The second-order valence-electron chi connectivity index (χ2n) is 9.49. The average Bonchev–Trinajstić information content (AvgIpc) is 3.37. The van der Waals surface area contributed by atoms with Crippen LogP contribution in [0.5, 0.6) is 0 Å². The molecule has 0 aliphatic carbocycles. The van der Waals surface area contributed by atoms with Gasteiger partial charge in [-0.2, -0.15) is 0 Å². The number of nitrogens with zero attached hydrogens (tertiary/aromatic N) is 5. The number of ether oxygens (including phenoxy) is 1. The Morgan fingerprint density at radius 3 is 2.59 bits per heavy atom. The maximum Gasteiger partial charge on any atom is 0.253 e. The summed E-state index contributed by atoms with van der Waals surface area (Å²) in [5.41, 5.74) is 3.67. The molecule has 2 atom stereocenters. The number of hydrogen-bond acceptors (Lipinski definition) is 6. The van der Waals surface area contributed by atoms with Crippen LogP contribution >= 0.6 is 0 Å². The van der Waals surface area contributed by atoms with Gasteiger partial charge in [0, 0.05) is 35.2 Å². The fraction of sp³-hybridized carbons (Fsp3) is 0.583. The lowest BCUT2D eigenvalue weighted by Crippen LogP contribution is -2.43. The first-order chi connectivity index (χ1) is 15.3. The van der Waals surface area contributed by atoms with Crippen molar-refractivity contribution < 1.29 is 4.74 Å². The molecule has 32 heavy (non-hydrogen) atoms. The van der Waals surface area contributed by atoms with Crippen molar-refractivity contribution in [2.45, 2.75) is 85.2 Å². The van der Waals surface area contributed by atoms with Gasteiger partial charge in [0.15, 0.2) is 5.82 Å². The Labute approximate surface area is 189 Å². The summed E-state index contributed by atoms with van der Waals surface area (Å²) >= 11 is 0. The second kappa shape index (κ2) is 9.11. The molecule has 1 aliphatic heterocycles. The lowest BCUT2D eigenvalue weighted by molar-refractivity contribution is 0.0871. The number of aromatic amines is 1. The molecular weight excluding hydrogens is 404 g/mol. The van der Waals surface area contributed by atoms with Gasteiger partial charge in [-0.05, 0) is 88.1 Å². The fourth-order valence-corrected chi connectivity index (χ4v) is 5.04. The largest absolute Gasteiger partial charge is 0.376 e. The van der Waals surface area contributed by atoms with Gasteiger partial charge < -0.3 is 9.72 Å². The number of rotatable bonds is 7. The molecule has 172 valence electrons. The van der Waals surface area contributed by atoms with Crippen molar-refractivity contribution in [3.63, 3.8) is 0 Å². The van der Waals surface area contributed by atoms with E-state index in [4.69, 9.17) is 4.74 Å². The minimum absolute atomic E-state index is 0.101. The highest BCUT2D eigenvalue weighted by Gasteiger charge is 2.34. The van der Waals surface area contributed by atoms with Crippen LogP contribution in [0.15, 0.2) is 23.0 Å². The van der Waals surface area contributed by atoms with Gasteiger partial charge in [-0.25, -0.2) is 4.68 Å². The molecule has 0 amide bonds. The Morgan fingerprint density at radius 2 is 1.94 bits per heavy atom. The summed E-state index contributed by atoms with van der Waals surface area (Å²) in [6.45, 7) is 14.1. The molecule has 0 bridgehead atoms. The third-order valence-corrected chi connectivity index (χ3v) is 6.33. The lowest BCUT2D eigenvalue weighted by atomic mass is 9.98. The Kier molecular flexibility index (Phi) is 6.44. The molecule has 0 radical (unpaired) electrons. The van der Waals surface area contributed by atoms with E-state index in [0.717, 1.165) is 41.5 Å². The number of fused-ring (bicyclic) bond motifs is 1. The van der Waals surface area contributed by atoms with Crippen LogP contribution in [0.1, 0.15) is 69.1 Å². The number of aryl methyl sites for hydroxylation is 2. The zero-order chi connectivity index (χ0) is 23.0. The maximum absolute atomic E-state index is 13.4. The molecule has 8 heteroatoms. The molecule has 1 aliphatic rings. The Bertz CT molecular complexity index is 1140. The van der Waals surface area contributed by atoms with Crippen molar-refractivity contribution in [2.24, 2.45) is 0 Å². The monoisotopic (exact) mass is 438 g/mol. The zero-order valence-electron chi connectivity index (χ0n) is 19.9. The van der Waals surface area contributed by atoms with Crippen molar-refractivity contribution in [3.8, 4) is 0 Å². The number of aromatic nitrogens is 5. The zero-order valence-corrected chi connectivity index (χ0v) is 19.9. The molecule has 1 saturated heterocycles. The van der Waals surface area contributed by atoms with E-state index in [1.807, 2.05) is 23.7 Å². The molecule has 0 spiro atoms. The average molecular weight is 439 g/mol. The van der Waals surface area contributed by atoms with E-state index in [1.165, 1.54) is 0 Å². The minimum atomic E-state index is -0.375. The highest BCUT2D eigenvalue weighted by Crippen LogP contribution is 2.31. The first-order valence-electron chi connectivity index (χ1n) is 11.6. The predicted molar refractivity (Wildman–Crippen MR) is 125 cm³/mol. The molecule has 2 aromatic heterocycles. The Morgan fingerprint density at radius 1 is 1.19 bits per heavy atom. The van der Waals surface area contributed by atoms with Gasteiger partial charge in [0.2, 0.25) is 0 Å². The van der Waals surface area contributed by atoms with Crippen molar-refractivity contribution in [2.75, 3.05) is 6.61 Å². The van der Waals surface area contributed by atoms with Crippen LogP contribution in [0.2, 0.25) is 0 Å². The third kappa shape index (κ3) is 4.34. The molecule has 4 rings (SSSR count). The van der Waals surface area contributed by atoms with Crippen molar-refractivity contribution >= 4 is 10.9 Å². The van der Waals surface area contributed by atoms with E-state index in [9.17, 15) is 4.79 Å². The van der Waals surface area contributed by atoms with E-state index >= 15 is 0 Å². The molecular formula is C24H34N6O2. The SMILES string of the molecule is Cc1cc(C)c2cc(C(c3nnnn3CC3CCCO3)N(C(C)C)C(C)C)c(=O)[nH]c2c1. The Balaban J connectivity index is 1.89. The van der Waals surface area contributed by atoms with Gasteiger partial charge >= 0.3 is 0 Å². The first-order valence-corrected chi connectivity index (χ1v) is 11.6. The summed E-state index contributed by atoms with van der Waals surface area (Å²) in [7, 11) is 0. The molecule has 3 aromatic rings.